The van der Waals surface area contributed by atoms with Gasteiger partial charge in [0.2, 0.25) is 0 Å². The van der Waals surface area contributed by atoms with Crippen LogP contribution in [0.5, 0.6) is 0 Å². The molecule has 0 amide bonds. The van der Waals surface area contributed by atoms with E-state index in [2.05, 4.69) is 9.44 Å². The number of carboxylic acids is 1. The molecule has 2 aromatic rings. The topological polar surface area (TPSA) is 122 Å². The lowest BCUT2D eigenvalue weighted by Crippen LogP contribution is -2.37. The minimum Gasteiger partial charge on any atom is -0.478 e. The van der Waals surface area contributed by atoms with Gasteiger partial charge < -0.3 is 9.84 Å². The van der Waals surface area contributed by atoms with Gasteiger partial charge in [0.1, 0.15) is 0 Å². The summed E-state index contributed by atoms with van der Waals surface area (Å²) in [6, 6.07) is 11.1. The van der Waals surface area contributed by atoms with Crippen LogP contribution in [-0.2, 0) is 39.5 Å². The lowest BCUT2D eigenvalue weighted by atomic mass is 9.85. The van der Waals surface area contributed by atoms with E-state index in [1.807, 2.05) is 72.7 Å². The fraction of sp³-hybridized carbons (Fsp3) is 0.562. The maximum Gasteiger partial charge on any atom is 0.338 e. The lowest BCUT2D eigenvalue weighted by molar-refractivity contribution is 0.0524. The summed E-state index contributed by atoms with van der Waals surface area (Å²) < 4.78 is 35.5. The highest BCUT2D eigenvalue weighted by Crippen LogP contribution is 2.34. The Morgan fingerprint density at radius 1 is 0.810 bits per heavy atom. The van der Waals surface area contributed by atoms with E-state index in [1.165, 1.54) is 0 Å². The Morgan fingerprint density at radius 3 is 1.64 bits per heavy atom. The van der Waals surface area contributed by atoms with E-state index in [4.69, 9.17) is 4.74 Å². The molecule has 42 heavy (non-hydrogen) atoms. The zero-order valence-electron chi connectivity index (χ0n) is 25.9. The second-order valence-corrected chi connectivity index (χ2v) is 16.7. The first-order valence-electron chi connectivity index (χ1n) is 14.6. The molecule has 232 valence electrons. The molecule has 8 nitrogen and oxygen atoms in total. The first-order valence-corrected chi connectivity index (χ1v) is 16.9. The van der Waals surface area contributed by atoms with Crippen molar-refractivity contribution in [1.29, 1.82) is 0 Å². The highest BCUT2D eigenvalue weighted by molar-refractivity contribution is 7.84. The van der Waals surface area contributed by atoms with Crippen LogP contribution in [0.2, 0.25) is 0 Å². The molecule has 0 heterocycles. The molecule has 0 saturated heterocycles. The average molecular weight is 619 g/mol. The Morgan fingerprint density at radius 2 is 1.24 bits per heavy atom. The van der Waals surface area contributed by atoms with E-state index in [1.54, 1.807) is 12.1 Å². The van der Waals surface area contributed by atoms with Gasteiger partial charge in [-0.3, -0.25) is 0 Å². The van der Waals surface area contributed by atoms with E-state index in [0.29, 0.717) is 17.7 Å². The third-order valence-electron chi connectivity index (χ3n) is 7.35. The number of esters is 1. The first-order chi connectivity index (χ1) is 19.6. The maximum absolute atomic E-state index is 12.4. The number of nitrogens with one attached hydrogen (secondary N) is 2. The summed E-state index contributed by atoms with van der Waals surface area (Å²) >= 11 is 0. The molecule has 0 spiro atoms. The van der Waals surface area contributed by atoms with Gasteiger partial charge in [0.15, 0.2) is 0 Å². The smallest absolute Gasteiger partial charge is 0.338 e. The van der Waals surface area contributed by atoms with Crippen molar-refractivity contribution in [2.24, 2.45) is 0 Å². The van der Waals surface area contributed by atoms with Crippen molar-refractivity contribution in [2.75, 3.05) is 6.61 Å². The quantitative estimate of drug-likeness (QED) is 0.322. The van der Waals surface area contributed by atoms with E-state index in [9.17, 15) is 23.1 Å². The number of carbonyl (C=O) groups excluding carboxylic acids is 1. The summed E-state index contributed by atoms with van der Waals surface area (Å²) in [5, 5.41) is 9.26. The molecule has 2 aliphatic carbocycles. The van der Waals surface area contributed by atoms with Gasteiger partial charge >= 0.3 is 11.9 Å². The molecule has 0 aliphatic heterocycles. The third kappa shape index (κ3) is 8.58. The van der Waals surface area contributed by atoms with Crippen LogP contribution in [0, 0.1) is 0 Å². The SMILES string of the molecule is CC(C)(C)[S@](=O)N[C@H]1CCCc2c(C(=O)O)cccc21.CCOC(=O)c1cccc2c1CCC[C@@H]2N[S@@](=O)C(C)(C)C. The number of benzene rings is 2. The Balaban J connectivity index is 0.000000231. The Hall–Kier alpha value is -2.40. The van der Waals surface area contributed by atoms with Crippen molar-refractivity contribution in [3.05, 3.63) is 69.8 Å². The minimum atomic E-state index is -1.16. The Kier molecular flexibility index (Phi) is 11.7. The van der Waals surface area contributed by atoms with Gasteiger partial charge in [-0.05, 0) is 121 Å². The average Bonchev–Trinajstić information content (AvgIpc) is 2.92. The summed E-state index contributed by atoms with van der Waals surface area (Å²) in [6.07, 6.45) is 5.35. The number of ether oxygens (including phenoxy) is 1. The Labute approximate surface area is 255 Å². The second kappa shape index (κ2) is 14.4. The highest BCUT2D eigenvalue weighted by Gasteiger charge is 2.30. The van der Waals surface area contributed by atoms with Crippen LogP contribution in [0.25, 0.3) is 0 Å². The van der Waals surface area contributed by atoms with Crippen LogP contribution >= 0.6 is 0 Å². The number of hydrogen-bond donors (Lipinski definition) is 3. The van der Waals surface area contributed by atoms with Crippen LogP contribution in [0.3, 0.4) is 0 Å². The van der Waals surface area contributed by atoms with Gasteiger partial charge in [-0.15, -0.1) is 0 Å². The van der Waals surface area contributed by atoms with Crippen LogP contribution < -0.4 is 9.44 Å². The van der Waals surface area contributed by atoms with Crippen molar-refractivity contribution < 1.29 is 27.9 Å². The first kappa shape index (κ1) is 34.1. The molecule has 3 N–H and O–H groups in total. The fourth-order valence-electron chi connectivity index (χ4n) is 5.15. The Bertz CT molecular complexity index is 1330. The lowest BCUT2D eigenvalue weighted by Gasteiger charge is -2.30. The van der Waals surface area contributed by atoms with E-state index in [-0.39, 0.29) is 27.5 Å². The molecule has 4 rings (SSSR count). The number of hydrogen-bond acceptors (Lipinski definition) is 5. The van der Waals surface area contributed by atoms with Gasteiger partial charge in [-0.1, -0.05) is 24.3 Å². The molecule has 0 saturated carbocycles. The van der Waals surface area contributed by atoms with Crippen molar-refractivity contribution in [1.82, 2.24) is 9.44 Å². The summed E-state index contributed by atoms with van der Waals surface area (Å²) in [6.45, 7) is 13.8. The molecule has 2 aromatic carbocycles. The second-order valence-electron chi connectivity index (χ2n) is 12.7. The third-order valence-corrected chi connectivity index (χ3v) is 10.6. The standard InChI is InChI=1S/C17H25NO3S.C15H21NO3S/c1-5-21-16(19)14-10-6-9-13-12(14)8-7-11-15(13)18-22(20)17(2,3)4;1-15(2,3)20(19)16-13-9-5-6-10-11(13)7-4-8-12(10)14(17)18/h6,9-10,15,18H,5,7-8,11H2,1-4H3;4,7-8,13,16H,5-6,9H2,1-3H3,(H,17,18)/t15-,22-;13-,20-/m00/s1. The number of aromatic carboxylic acids is 1. The van der Waals surface area contributed by atoms with E-state index >= 15 is 0 Å². The van der Waals surface area contributed by atoms with Crippen LogP contribution in [0.4, 0.5) is 0 Å². The number of carboxylic acid groups (broad SMARTS) is 1. The minimum absolute atomic E-state index is 0.0261. The molecule has 0 radical (unpaired) electrons. The summed E-state index contributed by atoms with van der Waals surface area (Å²) in [7, 11) is -2.29. The molecular weight excluding hydrogens is 572 g/mol. The number of rotatable bonds is 7. The highest BCUT2D eigenvalue weighted by atomic mass is 32.2. The van der Waals surface area contributed by atoms with Crippen molar-refractivity contribution >= 4 is 33.9 Å². The van der Waals surface area contributed by atoms with E-state index < -0.39 is 27.9 Å². The van der Waals surface area contributed by atoms with Crippen LogP contribution in [-0.4, -0.2) is 41.6 Å². The fourth-order valence-corrected chi connectivity index (χ4v) is 6.87. The predicted octanol–water partition coefficient (Wildman–Crippen LogP) is 6.11. The zero-order chi connectivity index (χ0) is 31.2. The molecule has 4 atom stereocenters. The molecule has 0 bridgehead atoms. The molecule has 0 aromatic heterocycles. The van der Waals surface area contributed by atoms with E-state index in [0.717, 1.165) is 60.8 Å². The van der Waals surface area contributed by atoms with Gasteiger partial charge in [0.25, 0.3) is 0 Å². The monoisotopic (exact) mass is 618 g/mol. The van der Waals surface area contributed by atoms with Crippen molar-refractivity contribution in [3.8, 4) is 0 Å². The molecule has 0 unspecified atom stereocenters. The molecular formula is C32H46N2O6S2. The zero-order valence-corrected chi connectivity index (χ0v) is 27.5. The van der Waals surface area contributed by atoms with Crippen molar-refractivity contribution in [2.45, 2.75) is 109 Å². The summed E-state index contributed by atoms with van der Waals surface area (Å²) in [5.41, 5.74) is 5.00. The molecule has 10 heteroatoms. The number of fused-ring (bicyclic) bond motifs is 2. The molecule has 0 fully saturated rings. The normalized spacial score (nSPS) is 19.8. The summed E-state index contributed by atoms with van der Waals surface area (Å²) in [5.74, 6) is -1.16. The van der Waals surface area contributed by atoms with Gasteiger partial charge in [0.05, 0.1) is 49.2 Å². The van der Waals surface area contributed by atoms with Gasteiger partial charge in [0, 0.05) is 12.1 Å². The van der Waals surface area contributed by atoms with Gasteiger partial charge in [-0.2, -0.15) is 0 Å². The predicted molar refractivity (Wildman–Crippen MR) is 169 cm³/mol. The number of carbonyl (C=O) groups is 2. The van der Waals surface area contributed by atoms with Crippen LogP contribution in [0.15, 0.2) is 36.4 Å². The largest absolute Gasteiger partial charge is 0.478 e. The molecule has 2 aliphatic rings. The van der Waals surface area contributed by atoms with Gasteiger partial charge in [-0.25, -0.2) is 27.5 Å². The van der Waals surface area contributed by atoms with Crippen molar-refractivity contribution in [3.63, 3.8) is 0 Å². The summed E-state index contributed by atoms with van der Waals surface area (Å²) in [4.78, 5) is 23.4. The van der Waals surface area contributed by atoms with Crippen LogP contribution in [0.1, 0.15) is 129 Å². The maximum atomic E-state index is 12.4.